The van der Waals surface area contributed by atoms with Crippen molar-refractivity contribution in [2.75, 3.05) is 7.11 Å². The molecule has 2 aromatic rings. The number of aromatic amines is 1. The molecule has 1 heterocycles. The second-order valence-corrected chi connectivity index (χ2v) is 3.92. The zero-order valence-corrected chi connectivity index (χ0v) is 10.3. The number of carbonyl (C=O) groups is 1. The van der Waals surface area contributed by atoms with Crippen LogP contribution >= 0.6 is 0 Å². The van der Waals surface area contributed by atoms with E-state index >= 15 is 0 Å². The zero-order chi connectivity index (χ0) is 13.8. The highest BCUT2D eigenvalue weighted by molar-refractivity contribution is 5.91. The first-order valence-electron chi connectivity index (χ1n) is 5.60. The number of aromatic nitrogens is 1. The van der Waals surface area contributed by atoms with Gasteiger partial charge in [-0.25, -0.2) is 0 Å². The van der Waals surface area contributed by atoms with Crippen LogP contribution in [0, 0.1) is 10.1 Å². The first-order valence-corrected chi connectivity index (χ1v) is 5.60. The van der Waals surface area contributed by atoms with Gasteiger partial charge >= 0.3 is 5.97 Å². The number of para-hydroxylation sites is 1. The standard InChI is InChI=1S/C13H12N2O4/c1-19-13(16)8-12-10(6-7-15(17)18)9-4-2-3-5-11(9)14-12/h2-7,14H,8H2,1H3/b7-6+. The van der Waals surface area contributed by atoms with Crippen molar-refractivity contribution in [1.29, 1.82) is 0 Å². The molecule has 0 aliphatic heterocycles. The number of hydrogen-bond acceptors (Lipinski definition) is 4. The lowest BCUT2D eigenvalue weighted by atomic mass is 10.1. The van der Waals surface area contributed by atoms with E-state index in [2.05, 4.69) is 9.72 Å². The summed E-state index contributed by atoms with van der Waals surface area (Å²) in [4.78, 5) is 24.3. The van der Waals surface area contributed by atoms with Crippen molar-refractivity contribution >= 4 is 22.9 Å². The van der Waals surface area contributed by atoms with Crippen LogP contribution in [0.15, 0.2) is 30.5 Å². The van der Waals surface area contributed by atoms with Crippen LogP contribution in [0.5, 0.6) is 0 Å². The van der Waals surface area contributed by atoms with E-state index in [-0.39, 0.29) is 6.42 Å². The maximum Gasteiger partial charge on any atom is 0.311 e. The molecule has 0 aliphatic rings. The molecule has 0 fully saturated rings. The summed E-state index contributed by atoms with van der Waals surface area (Å²) in [6, 6.07) is 7.37. The van der Waals surface area contributed by atoms with E-state index in [0.29, 0.717) is 11.3 Å². The highest BCUT2D eigenvalue weighted by Gasteiger charge is 2.13. The number of methoxy groups -OCH3 is 1. The van der Waals surface area contributed by atoms with E-state index in [1.54, 1.807) is 0 Å². The van der Waals surface area contributed by atoms with Gasteiger partial charge in [-0.2, -0.15) is 0 Å². The summed E-state index contributed by atoms with van der Waals surface area (Å²) in [7, 11) is 1.30. The van der Waals surface area contributed by atoms with E-state index in [9.17, 15) is 14.9 Å². The van der Waals surface area contributed by atoms with Gasteiger partial charge in [0.25, 0.3) is 0 Å². The average Bonchev–Trinajstić information content (AvgIpc) is 2.73. The summed E-state index contributed by atoms with van der Waals surface area (Å²) in [5, 5.41) is 11.3. The Balaban J connectivity index is 2.51. The van der Waals surface area contributed by atoms with Gasteiger partial charge in [-0.1, -0.05) is 18.2 Å². The molecule has 1 aromatic carbocycles. The van der Waals surface area contributed by atoms with Gasteiger partial charge in [0, 0.05) is 28.2 Å². The van der Waals surface area contributed by atoms with Crippen LogP contribution in [-0.2, 0) is 16.0 Å². The van der Waals surface area contributed by atoms with E-state index in [1.165, 1.54) is 13.2 Å². The number of H-pyrrole nitrogens is 1. The third kappa shape index (κ3) is 2.79. The van der Waals surface area contributed by atoms with Crippen molar-refractivity contribution in [3.63, 3.8) is 0 Å². The molecule has 0 spiro atoms. The molecule has 6 heteroatoms. The summed E-state index contributed by atoms with van der Waals surface area (Å²) in [5.41, 5.74) is 2.06. The number of ether oxygens (including phenoxy) is 1. The molecular formula is C13H12N2O4. The first kappa shape index (κ1) is 12.8. The Labute approximate surface area is 108 Å². The number of esters is 1. The third-order valence-corrected chi connectivity index (χ3v) is 2.74. The van der Waals surface area contributed by atoms with Crippen molar-refractivity contribution in [1.82, 2.24) is 4.98 Å². The molecule has 0 amide bonds. The highest BCUT2D eigenvalue weighted by Crippen LogP contribution is 2.24. The number of benzene rings is 1. The lowest BCUT2D eigenvalue weighted by molar-refractivity contribution is -0.400. The highest BCUT2D eigenvalue weighted by atomic mass is 16.6. The molecule has 0 bridgehead atoms. The van der Waals surface area contributed by atoms with Gasteiger partial charge in [-0.15, -0.1) is 0 Å². The fourth-order valence-corrected chi connectivity index (χ4v) is 1.90. The van der Waals surface area contributed by atoms with Gasteiger partial charge in [-0.3, -0.25) is 14.9 Å². The molecule has 0 radical (unpaired) electrons. The lowest BCUT2D eigenvalue weighted by Gasteiger charge is -1.98. The predicted octanol–water partition coefficient (Wildman–Crippen LogP) is 2.13. The van der Waals surface area contributed by atoms with Gasteiger partial charge < -0.3 is 9.72 Å². The van der Waals surface area contributed by atoms with Gasteiger partial charge in [-0.05, 0) is 6.07 Å². The molecule has 0 saturated carbocycles. The quantitative estimate of drug-likeness (QED) is 0.518. The Morgan fingerprint density at radius 2 is 2.21 bits per heavy atom. The summed E-state index contributed by atoms with van der Waals surface area (Å²) in [6.07, 6.45) is 2.29. The van der Waals surface area contributed by atoms with Gasteiger partial charge in [0.2, 0.25) is 6.20 Å². The third-order valence-electron chi connectivity index (χ3n) is 2.74. The van der Waals surface area contributed by atoms with Crippen molar-refractivity contribution < 1.29 is 14.5 Å². The van der Waals surface area contributed by atoms with Crippen molar-refractivity contribution in [2.24, 2.45) is 0 Å². The molecule has 1 N–H and O–H groups in total. The molecular weight excluding hydrogens is 248 g/mol. The fourth-order valence-electron chi connectivity index (χ4n) is 1.90. The monoisotopic (exact) mass is 260 g/mol. The molecule has 19 heavy (non-hydrogen) atoms. The minimum Gasteiger partial charge on any atom is -0.469 e. The minimum atomic E-state index is -0.538. The molecule has 0 atom stereocenters. The van der Waals surface area contributed by atoms with Crippen LogP contribution in [0.2, 0.25) is 0 Å². The van der Waals surface area contributed by atoms with Crippen LogP contribution in [0.25, 0.3) is 17.0 Å². The summed E-state index contributed by atoms with van der Waals surface area (Å²) >= 11 is 0. The number of fused-ring (bicyclic) bond motifs is 1. The molecule has 6 nitrogen and oxygen atoms in total. The first-order chi connectivity index (χ1) is 9.11. The van der Waals surface area contributed by atoms with E-state index in [4.69, 9.17) is 0 Å². The molecule has 0 unspecified atom stereocenters. The Bertz CT molecular complexity index is 658. The fraction of sp³-hybridized carbons (Fsp3) is 0.154. The van der Waals surface area contributed by atoms with E-state index in [1.807, 2.05) is 24.3 Å². The Hall–Kier alpha value is -2.63. The number of rotatable bonds is 4. The summed E-state index contributed by atoms with van der Waals surface area (Å²) < 4.78 is 4.61. The second-order valence-electron chi connectivity index (χ2n) is 3.92. The predicted molar refractivity (Wildman–Crippen MR) is 70.0 cm³/mol. The van der Waals surface area contributed by atoms with Crippen LogP contribution in [0.1, 0.15) is 11.3 Å². The molecule has 2 rings (SSSR count). The van der Waals surface area contributed by atoms with Gasteiger partial charge in [0.05, 0.1) is 18.5 Å². The number of carbonyl (C=O) groups excluding carboxylic acids is 1. The van der Waals surface area contributed by atoms with Gasteiger partial charge in [0.15, 0.2) is 0 Å². The Morgan fingerprint density at radius 1 is 1.47 bits per heavy atom. The number of nitrogens with zero attached hydrogens (tertiary/aromatic N) is 1. The Kier molecular flexibility index (Phi) is 3.61. The largest absolute Gasteiger partial charge is 0.469 e. The van der Waals surface area contributed by atoms with Crippen LogP contribution < -0.4 is 0 Å². The van der Waals surface area contributed by atoms with Crippen molar-refractivity contribution in [3.05, 3.63) is 51.8 Å². The maximum atomic E-state index is 11.3. The average molecular weight is 260 g/mol. The van der Waals surface area contributed by atoms with Crippen LogP contribution in [0.3, 0.4) is 0 Å². The minimum absolute atomic E-state index is 0.0442. The smallest absolute Gasteiger partial charge is 0.311 e. The lowest BCUT2D eigenvalue weighted by Crippen LogP contribution is -2.05. The number of hydrogen-bond donors (Lipinski definition) is 1. The maximum absolute atomic E-state index is 11.3. The molecule has 98 valence electrons. The SMILES string of the molecule is COC(=O)Cc1[nH]c2ccccc2c1/C=C/[N+](=O)[O-]. The normalized spacial score (nSPS) is 11.0. The summed E-state index contributed by atoms with van der Waals surface area (Å²) in [6.45, 7) is 0. The molecule has 0 aliphatic carbocycles. The van der Waals surface area contributed by atoms with Crippen LogP contribution in [0.4, 0.5) is 0 Å². The molecule has 0 saturated heterocycles. The topological polar surface area (TPSA) is 85.2 Å². The van der Waals surface area contributed by atoms with E-state index in [0.717, 1.165) is 17.1 Å². The molecule has 1 aromatic heterocycles. The Morgan fingerprint density at radius 3 is 2.89 bits per heavy atom. The van der Waals surface area contributed by atoms with Crippen molar-refractivity contribution in [3.8, 4) is 0 Å². The van der Waals surface area contributed by atoms with Crippen LogP contribution in [-0.4, -0.2) is 23.0 Å². The number of nitrogens with one attached hydrogen (secondary N) is 1. The number of nitro groups is 1. The summed E-state index contributed by atoms with van der Waals surface area (Å²) in [5.74, 6) is -0.401. The van der Waals surface area contributed by atoms with Crippen molar-refractivity contribution in [2.45, 2.75) is 6.42 Å². The van der Waals surface area contributed by atoms with E-state index < -0.39 is 10.9 Å². The van der Waals surface area contributed by atoms with Gasteiger partial charge in [0.1, 0.15) is 0 Å². The second kappa shape index (κ2) is 5.34. The zero-order valence-electron chi connectivity index (χ0n) is 10.3.